The maximum Gasteiger partial charge on any atom is 0.151 e. The van der Waals surface area contributed by atoms with E-state index in [1.807, 2.05) is 14.1 Å². The molecule has 0 bridgehead atoms. The minimum absolute atomic E-state index is 0.127. The van der Waals surface area contributed by atoms with Crippen molar-refractivity contribution in [3.63, 3.8) is 0 Å². The van der Waals surface area contributed by atoms with E-state index < -0.39 is 9.84 Å². The van der Waals surface area contributed by atoms with Crippen molar-refractivity contribution in [2.24, 2.45) is 0 Å². The zero-order valence-electron chi connectivity index (χ0n) is 10.1. The molecule has 0 radical (unpaired) electrons. The number of hydrogen-bond donors (Lipinski definition) is 1. The maximum absolute atomic E-state index is 11.2. The van der Waals surface area contributed by atoms with Crippen LogP contribution in [0.5, 0.6) is 0 Å². The van der Waals surface area contributed by atoms with Gasteiger partial charge < -0.3 is 15.0 Å². The van der Waals surface area contributed by atoms with Crippen molar-refractivity contribution in [2.45, 2.75) is 12.5 Å². The van der Waals surface area contributed by atoms with Gasteiger partial charge in [-0.05, 0) is 20.5 Å². The number of rotatable bonds is 7. The zero-order valence-corrected chi connectivity index (χ0v) is 10.9. The Labute approximate surface area is 98.1 Å². The van der Waals surface area contributed by atoms with E-state index in [-0.39, 0.29) is 11.8 Å². The molecule has 96 valence electrons. The van der Waals surface area contributed by atoms with Crippen molar-refractivity contribution < 1.29 is 13.2 Å². The second-order valence-corrected chi connectivity index (χ2v) is 6.70. The van der Waals surface area contributed by atoms with Gasteiger partial charge in [0.25, 0.3) is 0 Å². The molecule has 1 N–H and O–H groups in total. The van der Waals surface area contributed by atoms with Crippen LogP contribution in [0.25, 0.3) is 0 Å². The van der Waals surface area contributed by atoms with Gasteiger partial charge in [-0.1, -0.05) is 0 Å². The van der Waals surface area contributed by atoms with Gasteiger partial charge in [0, 0.05) is 19.1 Å². The van der Waals surface area contributed by atoms with Gasteiger partial charge in [0.05, 0.1) is 24.7 Å². The molecule has 16 heavy (non-hydrogen) atoms. The van der Waals surface area contributed by atoms with Crippen LogP contribution in [-0.4, -0.2) is 71.3 Å². The first-order valence-electron chi connectivity index (χ1n) is 5.66. The predicted octanol–water partition coefficient (Wildman–Crippen LogP) is -0.659. The van der Waals surface area contributed by atoms with Gasteiger partial charge >= 0.3 is 0 Å². The third-order valence-corrected chi connectivity index (χ3v) is 4.36. The Morgan fingerprint density at radius 2 is 2.12 bits per heavy atom. The average Bonchev–Trinajstić information content (AvgIpc) is 2.51. The lowest BCUT2D eigenvalue weighted by Crippen LogP contribution is -2.33. The summed E-state index contributed by atoms with van der Waals surface area (Å²) in [4.78, 5) is 2.07. The quantitative estimate of drug-likeness (QED) is 0.608. The SMILES string of the molecule is CN(C)CCOCCNC1CCS(=O)(=O)C1. The van der Waals surface area contributed by atoms with Gasteiger partial charge in [0.15, 0.2) is 9.84 Å². The summed E-state index contributed by atoms with van der Waals surface area (Å²) in [5.41, 5.74) is 0. The van der Waals surface area contributed by atoms with Gasteiger partial charge in [0.2, 0.25) is 0 Å². The summed E-state index contributed by atoms with van der Waals surface area (Å²) in [5, 5.41) is 3.21. The molecule has 0 aromatic rings. The molecule has 6 heteroatoms. The molecule has 0 amide bonds. The summed E-state index contributed by atoms with van der Waals surface area (Å²) >= 11 is 0. The molecule has 1 heterocycles. The first-order chi connectivity index (χ1) is 7.49. The molecule has 0 aromatic carbocycles. The van der Waals surface area contributed by atoms with Crippen LogP contribution in [0.15, 0.2) is 0 Å². The third kappa shape index (κ3) is 5.79. The van der Waals surface area contributed by atoms with E-state index in [1.54, 1.807) is 0 Å². The topological polar surface area (TPSA) is 58.6 Å². The van der Waals surface area contributed by atoms with E-state index in [0.29, 0.717) is 12.4 Å². The molecular formula is C10H22N2O3S. The molecule has 1 saturated heterocycles. The highest BCUT2D eigenvalue weighted by Crippen LogP contribution is 2.10. The number of hydrogen-bond acceptors (Lipinski definition) is 5. The van der Waals surface area contributed by atoms with Crippen molar-refractivity contribution in [3.05, 3.63) is 0 Å². The summed E-state index contributed by atoms with van der Waals surface area (Å²) in [6, 6.07) is 0.127. The van der Waals surface area contributed by atoms with Gasteiger partial charge in [-0.15, -0.1) is 0 Å². The first-order valence-corrected chi connectivity index (χ1v) is 7.48. The van der Waals surface area contributed by atoms with Crippen LogP contribution in [0.4, 0.5) is 0 Å². The molecule has 0 aromatic heterocycles. The minimum atomic E-state index is -2.76. The third-order valence-electron chi connectivity index (χ3n) is 2.59. The smallest absolute Gasteiger partial charge is 0.151 e. The fraction of sp³-hybridized carbons (Fsp3) is 1.00. The first kappa shape index (κ1) is 13.9. The Bertz CT molecular complexity index is 290. The largest absolute Gasteiger partial charge is 0.379 e. The van der Waals surface area contributed by atoms with Crippen LogP contribution in [0.2, 0.25) is 0 Å². The Morgan fingerprint density at radius 3 is 2.69 bits per heavy atom. The maximum atomic E-state index is 11.2. The van der Waals surface area contributed by atoms with E-state index >= 15 is 0 Å². The fourth-order valence-corrected chi connectivity index (χ4v) is 3.35. The van der Waals surface area contributed by atoms with Crippen LogP contribution in [-0.2, 0) is 14.6 Å². The molecule has 1 aliphatic rings. The number of sulfone groups is 1. The molecule has 0 saturated carbocycles. The molecule has 1 atom stereocenters. The second-order valence-electron chi connectivity index (χ2n) is 4.47. The highest BCUT2D eigenvalue weighted by Gasteiger charge is 2.26. The highest BCUT2D eigenvalue weighted by atomic mass is 32.2. The summed E-state index contributed by atoms with van der Waals surface area (Å²) in [6.45, 7) is 3.01. The van der Waals surface area contributed by atoms with E-state index in [9.17, 15) is 8.42 Å². The van der Waals surface area contributed by atoms with E-state index in [4.69, 9.17) is 4.74 Å². The van der Waals surface area contributed by atoms with Crippen molar-refractivity contribution in [3.8, 4) is 0 Å². The van der Waals surface area contributed by atoms with Crippen molar-refractivity contribution in [1.82, 2.24) is 10.2 Å². The van der Waals surface area contributed by atoms with Crippen LogP contribution in [0.1, 0.15) is 6.42 Å². The van der Waals surface area contributed by atoms with Gasteiger partial charge in [-0.25, -0.2) is 8.42 Å². The molecule has 1 rings (SSSR count). The monoisotopic (exact) mass is 250 g/mol. The van der Waals surface area contributed by atoms with Crippen molar-refractivity contribution in [2.75, 3.05) is 51.9 Å². The Kier molecular flexibility index (Phi) is 5.68. The van der Waals surface area contributed by atoms with Crippen LogP contribution < -0.4 is 5.32 Å². The lowest BCUT2D eigenvalue weighted by Gasteiger charge is -2.12. The Balaban J connectivity index is 1.96. The van der Waals surface area contributed by atoms with Crippen LogP contribution >= 0.6 is 0 Å². The van der Waals surface area contributed by atoms with Crippen LogP contribution in [0.3, 0.4) is 0 Å². The standard InChI is InChI=1S/C10H22N2O3S/c1-12(2)5-7-15-6-4-11-10-3-8-16(13,14)9-10/h10-11H,3-9H2,1-2H3. The van der Waals surface area contributed by atoms with Gasteiger partial charge in [-0.2, -0.15) is 0 Å². The van der Waals surface area contributed by atoms with Gasteiger partial charge in [-0.3, -0.25) is 0 Å². The molecule has 0 aliphatic carbocycles. The summed E-state index contributed by atoms with van der Waals surface area (Å²) in [6.07, 6.45) is 0.736. The van der Waals surface area contributed by atoms with Crippen molar-refractivity contribution in [1.29, 1.82) is 0 Å². The molecule has 5 nitrogen and oxygen atoms in total. The Morgan fingerprint density at radius 1 is 1.38 bits per heavy atom. The Hall–Kier alpha value is -0.170. The molecule has 1 aliphatic heterocycles. The molecule has 1 unspecified atom stereocenters. The van der Waals surface area contributed by atoms with E-state index in [1.165, 1.54) is 0 Å². The lowest BCUT2D eigenvalue weighted by molar-refractivity contribution is 0.118. The van der Waals surface area contributed by atoms with Gasteiger partial charge in [0.1, 0.15) is 0 Å². The normalized spacial score (nSPS) is 24.1. The number of nitrogens with one attached hydrogen (secondary N) is 1. The average molecular weight is 250 g/mol. The van der Waals surface area contributed by atoms with E-state index in [0.717, 1.165) is 26.1 Å². The van der Waals surface area contributed by atoms with Crippen LogP contribution in [0, 0.1) is 0 Å². The molecular weight excluding hydrogens is 228 g/mol. The van der Waals surface area contributed by atoms with E-state index in [2.05, 4.69) is 10.2 Å². The second kappa shape index (κ2) is 6.54. The molecule has 1 fully saturated rings. The van der Waals surface area contributed by atoms with Crippen molar-refractivity contribution >= 4 is 9.84 Å². The summed E-state index contributed by atoms with van der Waals surface area (Å²) < 4.78 is 27.8. The minimum Gasteiger partial charge on any atom is -0.379 e. The predicted molar refractivity (Wildman–Crippen MR) is 64.4 cm³/mol. The fourth-order valence-electron chi connectivity index (χ4n) is 1.64. The number of nitrogens with zero attached hydrogens (tertiary/aromatic N) is 1. The summed E-state index contributed by atoms with van der Waals surface area (Å²) in [7, 11) is 1.25. The zero-order chi connectivity index (χ0) is 12.0. The summed E-state index contributed by atoms with van der Waals surface area (Å²) in [5.74, 6) is 0.608. The number of likely N-dealkylation sites (N-methyl/N-ethyl adjacent to an activating group) is 1. The number of ether oxygens (including phenoxy) is 1. The molecule has 0 spiro atoms. The lowest BCUT2D eigenvalue weighted by atomic mass is 10.3. The highest BCUT2D eigenvalue weighted by molar-refractivity contribution is 7.91.